The van der Waals surface area contributed by atoms with Gasteiger partial charge in [0.2, 0.25) is 0 Å². The Morgan fingerprint density at radius 3 is 2.68 bits per heavy atom. The number of aromatic hydroxyl groups is 1. The minimum Gasteiger partial charge on any atom is -0.507 e. The largest absolute Gasteiger partial charge is 0.507 e. The molecule has 0 aromatic heterocycles. The van der Waals surface area contributed by atoms with E-state index in [9.17, 15) is 9.90 Å². The molecule has 2 aromatic carbocycles. The monoisotopic (exact) mass is 373 g/mol. The average Bonchev–Trinajstić information content (AvgIpc) is 2.92. The van der Waals surface area contributed by atoms with E-state index < -0.39 is 0 Å². The molecule has 1 N–H and O–H groups in total. The number of nitrogens with zero attached hydrogens (tertiary/aromatic N) is 1. The fourth-order valence-electron chi connectivity index (χ4n) is 3.03. The second-order valence-corrected chi connectivity index (χ2v) is 7.38. The van der Waals surface area contributed by atoms with Crippen molar-refractivity contribution in [1.29, 1.82) is 0 Å². The summed E-state index contributed by atoms with van der Waals surface area (Å²) >= 11 is 8.01. The van der Waals surface area contributed by atoms with E-state index in [-0.39, 0.29) is 11.5 Å². The highest BCUT2D eigenvalue weighted by molar-refractivity contribution is 8.03. The van der Waals surface area contributed by atoms with E-state index in [2.05, 4.69) is 11.8 Å². The first-order valence-electron chi connectivity index (χ1n) is 8.28. The highest BCUT2D eigenvalue weighted by atomic mass is 35.5. The quantitative estimate of drug-likeness (QED) is 0.704. The standard InChI is InChI=1S/C20H20ClNO2S/c1-4-13-6-7-15(21)14(11-13)19-16(24)8-9-17-20(19)22(5-2)18(25-17)10-12(3)23/h6-11,24H,4-5H2,1-3H3/b18-10-. The van der Waals surface area contributed by atoms with E-state index in [0.29, 0.717) is 11.6 Å². The maximum Gasteiger partial charge on any atom is 0.155 e. The number of ketones is 1. The predicted octanol–water partition coefficient (Wildman–Crippen LogP) is 5.64. The molecular formula is C20H20ClNO2S. The van der Waals surface area contributed by atoms with Crippen LogP contribution >= 0.6 is 23.4 Å². The molecule has 0 unspecified atom stereocenters. The summed E-state index contributed by atoms with van der Waals surface area (Å²) in [5.41, 5.74) is 3.61. The number of thioether (sulfide) groups is 1. The van der Waals surface area contributed by atoms with E-state index in [1.807, 2.05) is 31.2 Å². The molecular weight excluding hydrogens is 354 g/mol. The van der Waals surface area contributed by atoms with Crippen LogP contribution in [0.5, 0.6) is 5.75 Å². The Kier molecular flexibility index (Phi) is 5.11. The van der Waals surface area contributed by atoms with Crippen LogP contribution < -0.4 is 4.90 Å². The lowest BCUT2D eigenvalue weighted by molar-refractivity contribution is -0.112. The number of halogens is 1. The SMILES string of the molecule is CCc1ccc(Cl)c(-c2c(O)ccc3c2N(CC)/C(=C/C(C)=O)S3)c1. The number of benzene rings is 2. The van der Waals surface area contributed by atoms with Crippen LogP contribution in [0.3, 0.4) is 0 Å². The third kappa shape index (κ3) is 3.29. The van der Waals surface area contributed by atoms with Crippen molar-refractivity contribution in [3.8, 4) is 16.9 Å². The molecule has 1 aliphatic heterocycles. The van der Waals surface area contributed by atoms with Crippen LogP contribution in [0.1, 0.15) is 26.3 Å². The molecule has 5 heteroatoms. The molecule has 130 valence electrons. The Labute approximate surface area is 157 Å². The number of carbonyl (C=O) groups excluding carboxylic acids is 1. The number of aryl methyl sites for hydroxylation is 1. The fraction of sp³-hybridized carbons (Fsp3) is 0.250. The van der Waals surface area contributed by atoms with Gasteiger partial charge in [0.05, 0.1) is 10.7 Å². The van der Waals surface area contributed by atoms with Gasteiger partial charge >= 0.3 is 0 Å². The van der Waals surface area contributed by atoms with Gasteiger partial charge in [0.15, 0.2) is 5.78 Å². The maximum absolute atomic E-state index is 11.6. The summed E-state index contributed by atoms with van der Waals surface area (Å²) in [6, 6.07) is 9.49. The van der Waals surface area contributed by atoms with Gasteiger partial charge in [-0.05, 0) is 50.1 Å². The van der Waals surface area contributed by atoms with Gasteiger partial charge in [0, 0.05) is 33.7 Å². The summed E-state index contributed by atoms with van der Waals surface area (Å²) in [4.78, 5) is 14.7. The third-order valence-electron chi connectivity index (χ3n) is 4.22. The summed E-state index contributed by atoms with van der Waals surface area (Å²) in [7, 11) is 0. The smallest absolute Gasteiger partial charge is 0.155 e. The third-order valence-corrected chi connectivity index (χ3v) is 5.65. The van der Waals surface area contributed by atoms with Crippen molar-refractivity contribution in [2.24, 2.45) is 0 Å². The van der Waals surface area contributed by atoms with Crippen LogP contribution in [-0.2, 0) is 11.2 Å². The molecule has 0 spiro atoms. The van der Waals surface area contributed by atoms with Gasteiger partial charge in [-0.3, -0.25) is 4.79 Å². The number of rotatable bonds is 4. The highest BCUT2D eigenvalue weighted by Gasteiger charge is 2.30. The second-order valence-electron chi connectivity index (χ2n) is 5.91. The molecule has 0 amide bonds. The molecule has 1 aliphatic rings. The van der Waals surface area contributed by atoms with Crippen LogP contribution in [0, 0.1) is 0 Å². The zero-order valence-corrected chi connectivity index (χ0v) is 16.0. The number of fused-ring (bicyclic) bond motifs is 1. The maximum atomic E-state index is 11.6. The molecule has 1 heterocycles. The van der Waals surface area contributed by atoms with E-state index >= 15 is 0 Å². The van der Waals surface area contributed by atoms with Gasteiger partial charge in [0.25, 0.3) is 0 Å². The first-order valence-corrected chi connectivity index (χ1v) is 9.48. The van der Waals surface area contributed by atoms with Gasteiger partial charge in [-0.1, -0.05) is 36.4 Å². The van der Waals surface area contributed by atoms with Crippen molar-refractivity contribution < 1.29 is 9.90 Å². The molecule has 25 heavy (non-hydrogen) atoms. The molecule has 0 radical (unpaired) electrons. The number of phenols is 1. The number of anilines is 1. The zero-order chi connectivity index (χ0) is 18.1. The lowest BCUT2D eigenvalue weighted by Gasteiger charge is -2.22. The number of allylic oxidation sites excluding steroid dienone is 1. The predicted molar refractivity (Wildman–Crippen MR) is 106 cm³/mol. The summed E-state index contributed by atoms with van der Waals surface area (Å²) in [5, 5.41) is 12.1. The van der Waals surface area contributed by atoms with Crippen molar-refractivity contribution in [3.05, 3.63) is 52.0 Å². The second kappa shape index (κ2) is 7.14. The van der Waals surface area contributed by atoms with Crippen molar-refractivity contribution >= 4 is 34.8 Å². The molecule has 0 bridgehead atoms. The molecule has 0 aliphatic carbocycles. The number of carbonyl (C=O) groups is 1. The van der Waals surface area contributed by atoms with Crippen LogP contribution in [0.25, 0.3) is 11.1 Å². The van der Waals surface area contributed by atoms with Gasteiger partial charge in [-0.15, -0.1) is 0 Å². The first kappa shape index (κ1) is 17.9. The van der Waals surface area contributed by atoms with Crippen molar-refractivity contribution in [1.82, 2.24) is 0 Å². The molecule has 0 saturated carbocycles. The fourth-order valence-corrected chi connectivity index (χ4v) is 4.47. The molecule has 0 fully saturated rings. The van der Waals surface area contributed by atoms with Crippen molar-refractivity contribution in [3.63, 3.8) is 0 Å². The number of hydrogen-bond donors (Lipinski definition) is 1. The van der Waals surface area contributed by atoms with Gasteiger partial charge in [-0.2, -0.15) is 0 Å². The van der Waals surface area contributed by atoms with Crippen molar-refractivity contribution in [2.45, 2.75) is 32.1 Å². The minimum absolute atomic E-state index is 0.00513. The molecule has 3 nitrogen and oxygen atoms in total. The summed E-state index contributed by atoms with van der Waals surface area (Å²) < 4.78 is 0. The van der Waals surface area contributed by atoms with Crippen LogP contribution in [-0.4, -0.2) is 17.4 Å². The Balaban J connectivity index is 2.26. The molecule has 2 aromatic rings. The van der Waals surface area contributed by atoms with Crippen LogP contribution in [0.15, 0.2) is 46.3 Å². The first-order chi connectivity index (χ1) is 12.0. The zero-order valence-electron chi connectivity index (χ0n) is 14.5. The van der Waals surface area contributed by atoms with E-state index in [1.165, 1.54) is 0 Å². The van der Waals surface area contributed by atoms with E-state index in [1.54, 1.807) is 30.8 Å². The van der Waals surface area contributed by atoms with Gasteiger partial charge < -0.3 is 10.0 Å². The summed E-state index contributed by atoms with van der Waals surface area (Å²) in [6.45, 7) is 6.36. The molecule has 0 saturated heterocycles. The number of phenolic OH excluding ortho intramolecular Hbond substituents is 1. The lowest BCUT2D eigenvalue weighted by atomic mass is 9.98. The Hall–Kier alpha value is -1.91. The molecule has 0 atom stereocenters. The minimum atomic E-state index is 0.00513. The Bertz CT molecular complexity index is 876. The Morgan fingerprint density at radius 2 is 2.04 bits per heavy atom. The van der Waals surface area contributed by atoms with Crippen LogP contribution in [0.4, 0.5) is 5.69 Å². The van der Waals surface area contributed by atoms with Crippen molar-refractivity contribution in [2.75, 3.05) is 11.4 Å². The topological polar surface area (TPSA) is 40.5 Å². The average molecular weight is 374 g/mol. The lowest BCUT2D eigenvalue weighted by Crippen LogP contribution is -2.18. The normalized spacial score (nSPS) is 14.9. The van der Waals surface area contributed by atoms with Crippen LogP contribution in [0.2, 0.25) is 5.02 Å². The number of hydrogen-bond acceptors (Lipinski definition) is 4. The summed E-state index contributed by atoms with van der Waals surface area (Å²) in [6.07, 6.45) is 2.53. The van der Waals surface area contributed by atoms with E-state index in [0.717, 1.165) is 38.7 Å². The van der Waals surface area contributed by atoms with Gasteiger partial charge in [0.1, 0.15) is 5.75 Å². The summed E-state index contributed by atoms with van der Waals surface area (Å²) in [5.74, 6) is 0.197. The molecule has 3 rings (SSSR count). The Morgan fingerprint density at radius 1 is 1.28 bits per heavy atom. The van der Waals surface area contributed by atoms with Gasteiger partial charge in [-0.25, -0.2) is 0 Å². The van der Waals surface area contributed by atoms with E-state index in [4.69, 9.17) is 11.6 Å². The highest BCUT2D eigenvalue weighted by Crippen LogP contribution is 2.54.